The lowest BCUT2D eigenvalue weighted by Crippen LogP contribution is -2.24. The number of thioether (sulfide) groups is 1. The number of nitrogens with one attached hydrogen (secondary N) is 1. The molecule has 0 aliphatic carbocycles. The zero-order valence-corrected chi connectivity index (χ0v) is 14.5. The molecule has 7 nitrogen and oxygen atoms in total. The lowest BCUT2D eigenvalue weighted by molar-refractivity contribution is -0.384. The number of hydrogen-bond acceptors (Lipinski definition) is 7. The maximum atomic E-state index is 11.8. The van der Waals surface area contributed by atoms with Gasteiger partial charge in [-0.15, -0.1) is 11.3 Å². The number of nitro groups is 1. The molecule has 0 saturated heterocycles. The van der Waals surface area contributed by atoms with Crippen molar-refractivity contribution in [1.82, 2.24) is 10.3 Å². The van der Waals surface area contributed by atoms with Gasteiger partial charge in [0, 0.05) is 23.1 Å². The molecule has 2 aromatic heterocycles. The molecule has 0 atom stereocenters. The Morgan fingerprint density at radius 2 is 2.24 bits per heavy atom. The standard InChI is InChI=1S/C16H13N3O4S2/c20-15(17-8-13-5-2-6-23-13)10-25-16-18-14(9-24-16)11-3-1-4-12(7-11)19(21)22/h1-7,9H,8,10H2,(H,17,20). The molecular weight excluding hydrogens is 362 g/mol. The number of aromatic nitrogens is 1. The summed E-state index contributed by atoms with van der Waals surface area (Å²) in [6.45, 7) is 0.350. The Morgan fingerprint density at radius 3 is 3.00 bits per heavy atom. The Labute approximate surface area is 151 Å². The average molecular weight is 375 g/mol. The van der Waals surface area contributed by atoms with E-state index in [9.17, 15) is 14.9 Å². The first kappa shape index (κ1) is 17.2. The molecule has 1 amide bonds. The summed E-state index contributed by atoms with van der Waals surface area (Å²) in [5.41, 5.74) is 1.36. The van der Waals surface area contributed by atoms with Crippen LogP contribution >= 0.6 is 23.1 Å². The van der Waals surface area contributed by atoms with Gasteiger partial charge in [0.1, 0.15) is 5.76 Å². The number of thiazole rings is 1. The molecule has 3 rings (SSSR count). The van der Waals surface area contributed by atoms with Crippen molar-refractivity contribution in [1.29, 1.82) is 0 Å². The number of furan rings is 1. The van der Waals surface area contributed by atoms with Gasteiger partial charge in [-0.2, -0.15) is 0 Å². The molecule has 25 heavy (non-hydrogen) atoms. The van der Waals surface area contributed by atoms with E-state index in [1.165, 1.54) is 35.2 Å². The summed E-state index contributed by atoms with van der Waals surface area (Å²) >= 11 is 2.72. The molecular formula is C16H13N3O4S2. The number of carbonyl (C=O) groups excluding carboxylic acids is 1. The zero-order valence-electron chi connectivity index (χ0n) is 12.9. The van der Waals surface area contributed by atoms with E-state index in [2.05, 4.69) is 10.3 Å². The average Bonchev–Trinajstić information content (AvgIpc) is 3.30. The predicted molar refractivity (Wildman–Crippen MR) is 95.5 cm³/mol. The minimum absolute atomic E-state index is 0.0250. The van der Waals surface area contributed by atoms with Crippen LogP contribution in [0.5, 0.6) is 0 Å². The fourth-order valence-electron chi connectivity index (χ4n) is 2.01. The third kappa shape index (κ3) is 4.68. The van der Waals surface area contributed by atoms with Gasteiger partial charge in [-0.3, -0.25) is 14.9 Å². The topological polar surface area (TPSA) is 98.3 Å². The van der Waals surface area contributed by atoms with Gasteiger partial charge in [0.2, 0.25) is 5.91 Å². The quantitative estimate of drug-likeness (QED) is 0.384. The normalized spacial score (nSPS) is 10.6. The van der Waals surface area contributed by atoms with Gasteiger partial charge < -0.3 is 9.73 Å². The zero-order chi connectivity index (χ0) is 17.6. The monoisotopic (exact) mass is 375 g/mol. The smallest absolute Gasteiger partial charge is 0.270 e. The molecule has 2 heterocycles. The molecule has 1 aromatic carbocycles. The van der Waals surface area contributed by atoms with Crippen LogP contribution in [0.4, 0.5) is 5.69 Å². The highest BCUT2D eigenvalue weighted by molar-refractivity contribution is 8.01. The van der Waals surface area contributed by atoms with E-state index in [0.29, 0.717) is 23.6 Å². The van der Waals surface area contributed by atoms with Gasteiger partial charge in [-0.25, -0.2) is 4.98 Å². The van der Waals surface area contributed by atoms with Crippen LogP contribution in [0.15, 0.2) is 56.8 Å². The van der Waals surface area contributed by atoms with Crippen LogP contribution in [0, 0.1) is 10.1 Å². The van der Waals surface area contributed by atoms with Crippen LogP contribution in [-0.4, -0.2) is 21.6 Å². The van der Waals surface area contributed by atoms with Crippen molar-refractivity contribution in [2.24, 2.45) is 0 Å². The molecule has 0 aliphatic rings. The lowest BCUT2D eigenvalue weighted by atomic mass is 10.1. The molecule has 1 N–H and O–H groups in total. The van der Waals surface area contributed by atoms with Gasteiger partial charge in [0.15, 0.2) is 4.34 Å². The minimum Gasteiger partial charge on any atom is -0.467 e. The highest BCUT2D eigenvalue weighted by atomic mass is 32.2. The first-order valence-corrected chi connectivity index (χ1v) is 9.10. The molecule has 9 heteroatoms. The van der Waals surface area contributed by atoms with E-state index in [1.807, 2.05) is 5.38 Å². The second kappa shape index (κ2) is 7.95. The fourth-order valence-corrected chi connectivity index (χ4v) is 3.68. The van der Waals surface area contributed by atoms with Crippen molar-refractivity contribution in [3.8, 4) is 11.3 Å². The van der Waals surface area contributed by atoms with Gasteiger partial charge in [0.05, 0.1) is 29.2 Å². The Morgan fingerprint density at radius 1 is 1.36 bits per heavy atom. The van der Waals surface area contributed by atoms with Crippen LogP contribution in [-0.2, 0) is 11.3 Å². The number of amides is 1. The first-order chi connectivity index (χ1) is 12.1. The van der Waals surface area contributed by atoms with E-state index in [0.717, 1.165) is 4.34 Å². The summed E-state index contributed by atoms with van der Waals surface area (Å²) in [6, 6.07) is 9.88. The molecule has 0 bridgehead atoms. The van der Waals surface area contributed by atoms with Crippen molar-refractivity contribution in [3.63, 3.8) is 0 Å². The fraction of sp³-hybridized carbons (Fsp3) is 0.125. The number of rotatable bonds is 7. The third-order valence-electron chi connectivity index (χ3n) is 3.20. The van der Waals surface area contributed by atoms with Crippen molar-refractivity contribution >= 4 is 34.7 Å². The summed E-state index contributed by atoms with van der Waals surface area (Å²) in [6.07, 6.45) is 1.56. The van der Waals surface area contributed by atoms with E-state index in [1.54, 1.807) is 30.5 Å². The maximum Gasteiger partial charge on any atom is 0.270 e. The summed E-state index contributed by atoms with van der Waals surface area (Å²) in [5.74, 6) is 0.817. The number of hydrogen-bond donors (Lipinski definition) is 1. The lowest BCUT2D eigenvalue weighted by Gasteiger charge is -2.01. The SMILES string of the molecule is O=C(CSc1nc(-c2cccc([N+](=O)[O-])c2)cs1)NCc1ccco1. The van der Waals surface area contributed by atoms with E-state index in [4.69, 9.17) is 4.42 Å². The number of nitro benzene ring substituents is 1. The summed E-state index contributed by atoms with van der Waals surface area (Å²) in [5, 5.41) is 15.4. The molecule has 0 fully saturated rings. The Bertz CT molecular complexity index is 877. The third-order valence-corrected chi connectivity index (χ3v) is 5.22. The van der Waals surface area contributed by atoms with Gasteiger partial charge in [-0.1, -0.05) is 23.9 Å². The van der Waals surface area contributed by atoms with E-state index < -0.39 is 4.92 Å². The highest BCUT2D eigenvalue weighted by Crippen LogP contribution is 2.29. The number of benzene rings is 1. The number of nitrogens with zero attached hydrogens (tertiary/aromatic N) is 2. The molecule has 0 saturated carbocycles. The van der Waals surface area contributed by atoms with Crippen molar-refractivity contribution in [2.75, 3.05) is 5.75 Å². The maximum absolute atomic E-state index is 11.8. The van der Waals surface area contributed by atoms with Gasteiger partial charge >= 0.3 is 0 Å². The van der Waals surface area contributed by atoms with Crippen LogP contribution < -0.4 is 5.32 Å². The van der Waals surface area contributed by atoms with Crippen molar-refractivity contribution in [3.05, 3.63) is 63.9 Å². The first-order valence-electron chi connectivity index (χ1n) is 7.24. The second-order valence-electron chi connectivity index (χ2n) is 4.95. The molecule has 0 unspecified atom stereocenters. The molecule has 0 aliphatic heterocycles. The Balaban J connectivity index is 1.55. The minimum atomic E-state index is -0.436. The predicted octanol–water partition coefficient (Wildman–Crippen LogP) is 3.72. The number of carbonyl (C=O) groups is 1. The van der Waals surface area contributed by atoms with Crippen molar-refractivity contribution in [2.45, 2.75) is 10.9 Å². The van der Waals surface area contributed by atoms with Crippen LogP contribution in [0.2, 0.25) is 0 Å². The van der Waals surface area contributed by atoms with Crippen LogP contribution in [0.1, 0.15) is 5.76 Å². The molecule has 0 radical (unpaired) electrons. The second-order valence-corrected chi connectivity index (χ2v) is 7.03. The Hall–Kier alpha value is -2.65. The summed E-state index contributed by atoms with van der Waals surface area (Å²) < 4.78 is 5.88. The summed E-state index contributed by atoms with van der Waals surface area (Å²) in [7, 11) is 0. The van der Waals surface area contributed by atoms with Gasteiger partial charge in [0.25, 0.3) is 5.69 Å². The Kier molecular flexibility index (Phi) is 5.46. The van der Waals surface area contributed by atoms with Crippen molar-refractivity contribution < 1.29 is 14.1 Å². The van der Waals surface area contributed by atoms with Crippen LogP contribution in [0.25, 0.3) is 11.3 Å². The van der Waals surface area contributed by atoms with E-state index >= 15 is 0 Å². The highest BCUT2D eigenvalue weighted by Gasteiger charge is 2.11. The number of non-ortho nitro benzene ring substituents is 1. The summed E-state index contributed by atoms with van der Waals surface area (Å²) in [4.78, 5) is 26.7. The van der Waals surface area contributed by atoms with E-state index in [-0.39, 0.29) is 17.3 Å². The molecule has 3 aromatic rings. The molecule has 128 valence electrons. The van der Waals surface area contributed by atoms with Gasteiger partial charge in [-0.05, 0) is 12.1 Å². The molecule has 0 spiro atoms. The largest absolute Gasteiger partial charge is 0.467 e. The van der Waals surface area contributed by atoms with Crippen LogP contribution in [0.3, 0.4) is 0 Å².